The number of amides is 1. The monoisotopic (exact) mass is 227 g/mol. The largest absolute Gasteiger partial charge is 0.481 e. The second-order valence-corrected chi connectivity index (χ2v) is 3.44. The van der Waals surface area contributed by atoms with E-state index in [1.165, 1.54) is 19.1 Å². The summed E-state index contributed by atoms with van der Waals surface area (Å²) in [6, 6.07) is 0. The van der Waals surface area contributed by atoms with Crippen LogP contribution in [-0.4, -0.2) is 29.3 Å². The van der Waals surface area contributed by atoms with E-state index >= 15 is 0 Å². The maximum absolute atomic E-state index is 11.0. The fourth-order valence-corrected chi connectivity index (χ4v) is 1.04. The molecular weight excluding hydrogens is 210 g/mol. The van der Waals surface area contributed by atoms with Crippen molar-refractivity contribution in [3.05, 3.63) is 12.2 Å². The third kappa shape index (κ3) is 10.4. The van der Waals surface area contributed by atoms with E-state index in [9.17, 15) is 14.4 Å². The van der Waals surface area contributed by atoms with Crippen molar-refractivity contribution in [2.45, 2.75) is 32.6 Å². The van der Waals surface area contributed by atoms with Gasteiger partial charge in [0.2, 0.25) is 5.91 Å². The Morgan fingerprint density at radius 1 is 1.12 bits per heavy atom. The van der Waals surface area contributed by atoms with Crippen LogP contribution in [0.3, 0.4) is 0 Å². The summed E-state index contributed by atoms with van der Waals surface area (Å²) in [5.74, 6) is -1.27. The lowest BCUT2D eigenvalue weighted by molar-refractivity contribution is -0.137. The first-order valence-electron chi connectivity index (χ1n) is 5.20. The van der Waals surface area contributed by atoms with E-state index in [-0.39, 0.29) is 18.1 Å². The Morgan fingerprint density at radius 2 is 1.81 bits per heavy atom. The van der Waals surface area contributed by atoms with Crippen molar-refractivity contribution in [1.82, 2.24) is 5.32 Å². The highest BCUT2D eigenvalue weighted by atomic mass is 16.4. The predicted molar refractivity (Wildman–Crippen MR) is 58.9 cm³/mol. The van der Waals surface area contributed by atoms with Crippen molar-refractivity contribution in [2.75, 3.05) is 6.54 Å². The molecule has 0 saturated heterocycles. The third-order valence-corrected chi connectivity index (χ3v) is 1.84. The standard InChI is InChI=1S/C11H17NO4/c1-9(13)6-7-10(14)12-8-4-2-3-5-11(15)16/h6-7H,2-5,8H2,1H3,(H,12,14)(H,15,16)/b7-6-. The fraction of sp³-hybridized carbons (Fsp3) is 0.545. The fourth-order valence-electron chi connectivity index (χ4n) is 1.04. The molecule has 2 N–H and O–H groups in total. The number of rotatable bonds is 8. The zero-order chi connectivity index (χ0) is 12.4. The van der Waals surface area contributed by atoms with E-state index in [0.717, 1.165) is 12.8 Å². The first-order valence-corrected chi connectivity index (χ1v) is 5.20. The molecule has 1 amide bonds. The van der Waals surface area contributed by atoms with Gasteiger partial charge in [-0.05, 0) is 25.8 Å². The predicted octanol–water partition coefficient (Wildman–Crippen LogP) is 0.893. The minimum Gasteiger partial charge on any atom is -0.481 e. The molecule has 0 aliphatic rings. The maximum Gasteiger partial charge on any atom is 0.303 e. The zero-order valence-corrected chi connectivity index (χ0v) is 9.36. The van der Waals surface area contributed by atoms with Crippen molar-refractivity contribution in [2.24, 2.45) is 0 Å². The van der Waals surface area contributed by atoms with Crippen LogP contribution in [0.2, 0.25) is 0 Å². The smallest absolute Gasteiger partial charge is 0.303 e. The van der Waals surface area contributed by atoms with Gasteiger partial charge in [0.1, 0.15) is 0 Å². The number of carboxylic acid groups (broad SMARTS) is 1. The summed E-state index contributed by atoms with van der Waals surface area (Å²) in [7, 11) is 0. The molecule has 5 heteroatoms. The highest BCUT2D eigenvalue weighted by Crippen LogP contribution is 1.98. The van der Waals surface area contributed by atoms with Crippen LogP contribution in [0.25, 0.3) is 0 Å². The Bertz CT molecular complexity index is 284. The van der Waals surface area contributed by atoms with Crippen LogP contribution in [0, 0.1) is 0 Å². The summed E-state index contributed by atoms with van der Waals surface area (Å²) in [5, 5.41) is 11.0. The lowest BCUT2D eigenvalue weighted by Crippen LogP contribution is -2.22. The molecule has 0 aromatic carbocycles. The van der Waals surface area contributed by atoms with Crippen LogP contribution in [0.1, 0.15) is 32.6 Å². The van der Waals surface area contributed by atoms with Gasteiger partial charge >= 0.3 is 5.97 Å². The molecule has 0 aromatic rings. The molecule has 0 spiro atoms. The van der Waals surface area contributed by atoms with Gasteiger partial charge in [-0.2, -0.15) is 0 Å². The normalized spacial score (nSPS) is 10.3. The van der Waals surface area contributed by atoms with Crippen molar-refractivity contribution in [3.63, 3.8) is 0 Å². The molecule has 0 aliphatic heterocycles. The minimum atomic E-state index is -0.798. The first kappa shape index (κ1) is 14.3. The first-order chi connectivity index (χ1) is 7.52. The Balaban J connectivity index is 3.41. The number of ketones is 1. The summed E-state index contributed by atoms with van der Waals surface area (Å²) in [6.45, 7) is 1.87. The van der Waals surface area contributed by atoms with E-state index in [0.29, 0.717) is 13.0 Å². The highest BCUT2D eigenvalue weighted by Gasteiger charge is 1.97. The van der Waals surface area contributed by atoms with Gasteiger partial charge in [-0.25, -0.2) is 0 Å². The van der Waals surface area contributed by atoms with Crippen molar-refractivity contribution in [1.29, 1.82) is 0 Å². The number of aliphatic carboxylic acids is 1. The highest BCUT2D eigenvalue weighted by molar-refractivity contribution is 5.96. The van der Waals surface area contributed by atoms with Gasteiger partial charge < -0.3 is 10.4 Å². The summed E-state index contributed by atoms with van der Waals surface area (Å²) < 4.78 is 0. The van der Waals surface area contributed by atoms with Gasteiger partial charge in [-0.1, -0.05) is 6.42 Å². The topological polar surface area (TPSA) is 83.5 Å². The van der Waals surface area contributed by atoms with E-state index in [1.807, 2.05) is 0 Å². The Labute approximate surface area is 94.5 Å². The molecule has 90 valence electrons. The number of hydrogen-bond acceptors (Lipinski definition) is 3. The van der Waals surface area contributed by atoms with Gasteiger partial charge in [0.15, 0.2) is 5.78 Å². The summed E-state index contributed by atoms with van der Waals surface area (Å²) in [6.07, 6.45) is 4.70. The van der Waals surface area contributed by atoms with Crippen LogP contribution < -0.4 is 5.32 Å². The Morgan fingerprint density at radius 3 is 2.38 bits per heavy atom. The molecule has 5 nitrogen and oxygen atoms in total. The number of carbonyl (C=O) groups excluding carboxylic acids is 2. The average molecular weight is 227 g/mol. The second kappa shape index (κ2) is 8.64. The minimum absolute atomic E-state index is 0.165. The molecule has 0 heterocycles. The summed E-state index contributed by atoms with van der Waals surface area (Å²) >= 11 is 0. The molecule has 16 heavy (non-hydrogen) atoms. The van der Waals surface area contributed by atoms with Crippen LogP contribution in [0.4, 0.5) is 0 Å². The molecule has 0 atom stereocenters. The molecule has 0 saturated carbocycles. The van der Waals surface area contributed by atoms with Crippen molar-refractivity contribution < 1.29 is 19.5 Å². The van der Waals surface area contributed by atoms with Crippen molar-refractivity contribution >= 4 is 17.7 Å². The van der Waals surface area contributed by atoms with Crippen molar-refractivity contribution in [3.8, 4) is 0 Å². The molecule has 0 unspecified atom stereocenters. The number of allylic oxidation sites excluding steroid dienone is 1. The van der Waals surface area contributed by atoms with Crippen LogP contribution in [-0.2, 0) is 14.4 Å². The van der Waals surface area contributed by atoms with Gasteiger partial charge in [0, 0.05) is 19.0 Å². The second-order valence-electron chi connectivity index (χ2n) is 3.44. The van der Waals surface area contributed by atoms with Gasteiger partial charge in [0.05, 0.1) is 0 Å². The molecule has 0 aliphatic carbocycles. The summed E-state index contributed by atoms with van der Waals surface area (Å²) in [5.41, 5.74) is 0. The number of carboxylic acids is 1. The molecule has 0 fully saturated rings. The number of nitrogens with one attached hydrogen (secondary N) is 1. The number of unbranched alkanes of at least 4 members (excludes halogenated alkanes) is 2. The molecule has 0 rings (SSSR count). The van der Waals surface area contributed by atoms with Gasteiger partial charge in [0.25, 0.3) is 0 Å². The van der Waals surface area contributed by atoms with Gasteiger partial charge in [-0.15, -0.1) is 0 Å². The number of hydrogen-bond donors (Lipinski definition) is 2. The van der Waals surface area contributed by atoms with Crippen LogP contribution in [0.5, 0.6) is 0 Å². The molecule has 0 bridgehead atoms. The molecular formula is C11H17NO4. The summed E-state index contributed by atoms with van der Waals surface area (Å²) in [4.78, 5) is 31.7. The number of carbonyl (C=O) groups is 3. The third-order valence-electron chi connectivity index (χ3n) is 1.84. The van der Waals surface area contributed by atoms with Crippen LogP contribution in [0.15, 0.2) is 12.2 Å². The van der Waals surface area contributed by atoms with Crippen LogP contribution >= 0.6 is 0 Å². The zero-order valence-electron chi connectivity index (χ0n) is 9.36. The SMILES string of the molecule is CC(=O)/C=C\C(=O)NCCCCCC(=O)O. The Kier molecular flexibility index (Phi) is 7.75. The quantitative estimate of drug-likeness (QED) is 0.476. The van der Waals surface area contributed by atoms with E-state index in [1.54, 1.807) is 0 Å². The lowest BCUT2D eigenvalue weighted by Gasteiger charge is -2.01. The molecule has 0 radical (unpaired) electrons. The molecule has 0 aromatic heterocycles. The Hall–Kier alpha value is -1.65. The van der Waals surface area contributed by atoms with E-state index in [4.69, 9.17) is 5.11 Å². The van der Waals surface area contributed by atoms with E-state index in [2.05, 4.69) is 5.32 Å². The lowest BCUT2D eigenvalue weighted by atomic mass is 10.2. The average Bonchev–Trinajstić information content (AvgIpc) is 2.19. The van der Waals surface area contributed by atoms with Gasteiger partial charge in [-0.3, -0.25) is 14.4 Å². The maximum atomic E-state index is 11.0. The van der Waals surface area contributed by atoms with E-state index < -0.39 is 5.97 Å².